The van der Waals surface area contributed by atoms with Crippen LogP contribution in [0.4, 0.5) is 5.13 Å². The van der Waals surface area contributed by atoms with Gasteiger partial charge in [0, 0.05) is 16.4 Å². The lowest BCUT2D eigenvalue weighted by molar-refractivity contribution is 0.102. The summed E-state index contributed by atoms with van der Waals surface area (Å²) in [5.41, 5.74) is 1.27. The summed E-state index contributed by atoms with van der Waals surface area (Å²) in [6.45, 7) is 6.23. The zero-order valence-electron chi connectivity index (χ0n) is 14.7. The van der Waals surface area contributed by atoms with Crippen molar-refractivity contribution < 1.29 is 19.0 Å². The van der Waals surface area contributed by atoms with Crippen LogP contribution in [0, 0.1) is 0 Å². The smallest absolute Gasteiger partial charge is 0.257 e. The zero-order valence-corrected chi connectivity index (χ0v) is 15.5. The van der Waals surface area contributed by atoms with Crippen molar-refractivity contribution >= 4 is 22.4 Å². The van der Waals surface area contributed by atoms with Crippen molar-refractivity contribution in [2.45, 2.75) is 26.2 Å². The third-order valence-electron chi connectivity index (χ3n) is 3.42. The number of benzene rings is 1. The van der Waals surface area contributed by atoms with Gasteiger partial charge in [0.1, 0.15) is 0 Å². The molecule has 1 aromatic carbocycles. The van der Waals surface area contributed by atoms with Crippen LogP contribution < -0.4 is 19.5 Å². The number of amides is 1. The molecule has 24 heavy (non-hydrogen) atoms. The molecular formula is C17H22N2O4S. The second-order valence-electron chi connectivity index (χ2n) is 6.16. The number of ether oxygens (including phenoxy) is 3. The van der Waals surface area contributed by atoms with Crippen LogP contribution >= 0.6 is 11.3 Å². The van der Waals surface area contributed by atoms with Crippen LogP contribution in [0.5, 0.6) is 17.2 Å². The fourth-order valence-electron chi connectivity index (χ4n) is 2.06. The molecule has 0 atom stereocenters. The fourth-order valence-corrected chi connectivity index (χ4v) is 2.99. The second kappa shape index (κ2) is 7.09. The number of thiazole rings is 1. The van der Waals surface area contributed by atoms with Gasteiger partial charge >= 0.3 is 0 Å². The number of aromatic nitrogens is 1. The maximum absolute atomic E-state index is 12.5. The lowest BCUT2D eigenvalue weighted by atomic mass is 9.93. The number of nitrogens with one attached hydrogen (secondary N) is 1. The monoisotopic (exact) mass is 350 g/mol. The van der Waals surface area contributed by atoms with Crippen molar-refractivity contribution in [3.8, 4) is 17.2 Å². The van der Waals surface area contributed by atoms with Crippen molar-refractivity contribution in [1.82, 2.24) is 4.98 Å². The Balaban J connectivity index is 2.28. The Hall–Kier alpha value is -2.28. The summed E-state index contributed by atoms with van der Waals surface area (Å²) in [7, 11) is 4.54. The summed E-state index contributed by atoms with van der Waals surface area (Å²) in [5, 5.41) is 5.31. The molecule has 0 spiro atoms. The van der Waals surface area contributed by atoms with Gasteiger partial charge in [0.25, 0.3) is 5.91 Å². The normalized spacial score (nSPS) is 11.1. The summed E-state index contributed by atoms with van der Waals surface area (Å²) >= 11 is 1.40. The SMILES string of the molecule is COc1cc(C(=O)Nc2nc(C(C)(C)C)cs2)cc(OC)c1OC. The van der Waals surface area contributed by atoms with Gasteiger partial charge in [0.05, 0.1) is 27.0 Å². The molecule has 130 valence electrons. The number of anilines is 1. The minimum absolute atomic E-state index is 0.0635. The number of hydrogen-bond donors (Lipinski definition) is 1. The standard InChI is InChI=1S/C17H22N2O4S/c1-17(2,3)13-9-24-16(18-13)19-15(20)10-7-11(21-4)14(23-6)12(8-10)22-5/h7-9H,1-6H3,(H,18,19,20). The first-order chi connectivity index (χ1) is 11.3. The number of carbonyl (C=O) groups excluding carboxylic acids is 1. The van der Waals surface area contributed by atoms with E-state index in [0.29, 0.717) is 27.9 Å². The molecule has 0 saturated carbocycles. The Morgan fingerprint density at radius 3 is 2.08 bits per heavy atom. The van der Waals surface area contributed by atoms with Gasteiger partial charge in [-0.3, -0.25) is 10.1 Å². The molecule has 1 heterocycles. The highest BCUT2D eigenvalue weighted by molar-refractivity contribution is 7.14. The Morgan fingerprint density at radius 2 is 1.67 bits per heavy atom. The van der Waals surface area contributed by atoms with Gasteiger partial charge in [-0.05, 0) is 12.1 Å². The number of methoxy groups -OCH3 is 3. The van der Waals surface area contributed by atoms with E-state index in [2.05, 4.69) is 31.1 Å². The van der Waals surface area contributed by atoms with Crippen LogP contribution in [-0.2, 0) is 5.41 Å². The average Bonchev–Trinajstić information content (AvgIpc) is 3.01. The number of hydrogen-bond acceptors (Lipinski definition) is 6. The molecule has 0 unspecified atom stereocenters. The first kappa shape index (κ1) is 18.1. The van der Waals surface area contributed by atoms with Gasteiger partial charge in [0.2, 0.25) is 5.75 Å². The molecule has 2 rings (SSSR count). The molecule has 0 fully saturated rings. The molecule has 6 nitrogen and oxygen atoms in total. The average molecular weight is 350 g/mol. The molecule has 7 heteroatoms. The summed E-state index contributed by atoms with van der Waals surface area (Å²) < 4.78 is 15.8. The zero-order chi connectivity index (χ0) is 17.9. The lowest BCUT2D eigenvalue weighted by Crippen LogP contribution is -2.14. The van der Waals surface area contributed by atoms with Crippen LogP contribution in [0.3, 0.4) is 0 Å². The summed E-state index contributed by atoms with van der Waals surface area (Å²) in [6, 6.07) is 3.21. The fraction of sp³-hybridized carbons (Fsp3) is 0.412. The molecule has 0 bridgehead atoms. The summed E-state index contributed by atoms with van der Waals surface area (Å²) in [6.07, 6.45) is 0. The molecule has 1 amide bonds. The van der Waals surface area contributed by atoms with Crippen LogP contribution in [0.25, 0.3) is 0 Å². The highest BCUT2D eigenvalue weighted by Crippen LogP contribution is 2.38. The molecule has 2 aromatic rings. The first-order valence-corrected chi connectivity index (χ1v) is 8.25. The number of carbonyl (C=O) groups is 1. The van der Waals surface area contributed by atoms with Gasteiger partial charge in [-0.1, -0.05) is 20.8 Å². The highest BCUT2D eigenvalue weighted by Gasteiger charge is 2.20. The van der Waals surface area contributed by atoms with E-state index >= 15 is 0 Å². The minimum Gasteiger partial charge on any atom is -0.493 e. The Bertz CT molecular complexity index is 709. The molecule has 0 aliphatic carbocycles. The topological polar surface area (TPSA) is 69.7 Å². The maximum Gasteiger partial charge on any atom is 0.257 e. The predicted molar refractivity (Wildman–Crippen MR) is 94.9 cm³/mol. The number of nitrogens with zero attached hydrogens (tertiary/aromatic N) is 1. The van der Waals surface area contributed by atoms with Crippen molar-refractivity contribution in [3.05, 3.63) is 28.8 Å². The third-order valence-corrected chi connectivity index (χ3v) is 4.18. The highest BCUT2D eigenvalue weighted by atomic mass is 32.1. The third kappa shape index (κ3) is 3.79. The largest absolute Gasteiger partial charge is 0.493 e. The van der Waals surface area contributed by atoms with Crippen LogP contribution in [0.15, 0.2) is 17.5 Å². The van der Waals surface area contributed by atoms with E-state index in [1.807, 2.05) is 5.38 Å². The molecule has 1 aromatic heterocycles. The van der Waals surface area contributed by atoms with Crippen LogP contribution in [0.2, 0.25) is 0 Å². The molecule has 0 saturated heterocycles. The number of rotatable bonds is 5. The Kier molecular flexibility index (Phi) is 5.33. The molecule has 0 aliphatic heterocycles. The van der Waals surface area contributed by atoms with Crippen molar-refractivity contribution in [1.29, 1.82) is 0 Å². The van der Waals surface area contributed by atoms with Crippen molar-refractivity contribution in [2.24, 2.45) is 0 Å². The minimum atomic E-state index is -0.288. The van der Waals surface area contributed by atoms with Crippen molar-refractivity contribution in [2.75, 3.05) is 26.6 Å². The van der Waals surface area contributed by atoms with Gasteiger partial charge in [-0.25, -0.2) is 4.98 Å². The molecule has 1 N–H and O–H groups in total. The Morgan fingerprint density at radius 1 is 1.08 bits per heavy atom. The van der Waals surface area contributed by atoms with E-state index in [4.69, 9.17) is 14.2 Å². The quantitative estimate of drug-likeness (QED) is 0.890. The Labute approximate surface area is 145 Å². The van der Waals surface area contributed by atoms with Crippen LogP contribution in [0.1, 0.15) is 36.8 Å². The van der Waals surface area contributed by atoms with Gasteiger partial charge < -0.3 is 14.2 Å². The second-order valence-corrected chi connectivity index (χ2v) is 7.01. The van der Waals surface area contributed by atoms with Gasteiger partial charge in [-0.15, -0.1) is 11.3 Å². The van der Waals surface area contributed by atoms with E-state index in [9.17, 15) is 4.79 Å². The maximum atomic E-state index is 12.5. The van der Waals surface area contributed by atoms with E-state index < -0.39 is 0 Å². The molecule has 0 radical (unpaired) electrons. The molecular weight excluding hydrogens is 328 g/mol. The van der Waals surface area contributed by atoms with Gasteiger partial charge in [0.15, 0.2) is 16.6 Å². The summed E-state index contributed by atoms with van der Waals surface area (Å²) in [4.78, 5) is 17.0. The predicted octanol–water partition coefficient (Wildman–Crippen LogP) is 3.72. The summed E-state index contributed by atoms with van der Waals surface area (Å²) in [5.74, 6) is 1.01. The van der Waals surface area contributed by atoms with E-state index in [1.165, 1.54) is 32.7 Å². The van der Waals surface area contributed by atoms with E-state index in [1.54, 1.807) is 12.1 Å². The van der Waals surface area contributed by atoms with Crippen LogP contribution in [-0.4, -0.2) is 32.2 Å². The van der Waals surface area contributed by atoms with Gasteiger partial charge in [-0.2, -0.15) is 0 Å². The van der Waals surface area contributed by atoms with Crippen molar-refractivity contribution in [3.63, 3.8) is 0 Å². The lowest BCUT2D eigenvalue weighted by Gasteiger charge is -2.14. The first-order valence-electron chi connectivity index (χ1n) is 7.37. The van der Waals surface area contributed by atoms with E-state index in [-0.39, 0.29) is 11.3 Å². The molecule has 0 aliphatic rings. The van der Waals surface area contributed by atoms with E-state index in [0.717, 1.165) is 5.69 Å².